The molecule has 4 N–H and O–H groups in total. The number of aliphatic carboxylic acids is 2. The van der Waals surface area contributed by atoms with Crippen LogP contribution in [0, 0.1) is 10.1 Å². The van der Waals surface area contributed by atoms with E-state index >= 15 is 0 Å². The van der Waals surface area contributed by atoms with Gasteiger partial charge in [0.2, 0.25) is 0 Å². The molecule has 116 valence electrons. The number of nitro groups is 1. The second-order valence-corrected chi connectivity index (χ2v) is 4.35. The fourth-order valence-electron chi connectivity index (χ4n) is 1.53. The highest BCUT2D eigenvalue weighted by atomic mass is 16.6. The van der Waals surface area contributed by atoms with E-state index in [2.05, 4.69) is 0 Å². The summed E-state index contributed by atoms with van der Waals surface area (Å²) in [5, 5.41) is 28.1. The molecule has 0 fully saturated rings. The highest BCUT2D eigenvalue weighted by Crippen LogP contribution is 2.13. The van der Waals surface area contributed by atoms with Crippen molar-refractivity contribution in [2.45, 2.75) is 12.5 Å². The van der Waals surface area contributed by atoms with Crippen LogP contribution in [0.2, 0.25) is 0 Å². The number of benzene rings is 1. The second-order valence-electron chi connectivity index (χ2n) is 4.35. The molecule has 0 aromatic heterocycles. The van der Waals surface area contributed by atoms with E-state index in [0.29, 0.717) is 5.56 Å². The molecule has 0 aliphatic rings. The Labute approximate surface area is 125 Å². The molecule has 0 radical (unpaired) electrons. The van der Waals surface area contributed by atoms with E-state index < -0.39 is 22.9 Å². The molecular weight excluding hydrogens is 292 g/mol. The van der Waals surface area contributed by atoms with E-state index in [4.69, 9.17) is 15.9 Å². The van der Waals surface area contributed by atoms with Gasteiger partial charge in [-0.3, -0.25) is 14.9 Å². The van der Waals surface area contributed by atoms with Crippen LogP contribution in [0.15, 0.2) is 42.0 Å². The molecule has 22 heavy (non-hydrogen) atoms. The highest BCUT2D eigenvalue weighted by Gasteiger charge is 2.17. The fraction of sp³-hybridized carbons (Fsp3) is 0.143. The van der Waals surface area contributed by atoms with Gasteiger partial charge in [0.05, 0.1) is 4.92 Å². The van der Waals surface area contributed by atoms with Crippen molar-refractivity contribution in [3.05, 3.63) is 57.7 Å². The van der Waals surface area contributed by atoms with Gasteiger partial charge in [-0.05, 0) is 17.7 Å². The molecule has 1 aromatic carbocycles. The van der Waals surface area contributed by atoms with Crippen LogP contribution in [-0.2, 0) is 9.59 Å². The van der Waals surface area contributed by atoms with Crippen LogP contribution < -0.4 is 5.73 Å². The maximum atomic E-state index is 11.0. The Morgan fingerprint density at radius 1 is 1.27 bits per heavy atom. The van der Waals surface area contributed by atoms with E-state index in [1.807, 2.05) is 0 Å². The topological polar surface area (TPSA) is 144 Å². The van der Waals surface area contributed by atoms with Gasteiger partial charge in [0.1, 0.15) is 6.04 Å². The van der Waals surface area contributed by atoms with Crippen molar-refractivity contribution >= 4 is 23.7 Å². The lowest BCUT2D eigenvalue weighted by atomic mass is 10.1. The molecule has 0 saturated carbocycles. The number of nitrogens with two attached hydrogens (primary N) is 1. The van der Waals surface area contributed by atoms with Crippen molar-refractivity contribution in [1.82, 2.24) is 0 Å². The minimum Gasteiger partial charge on any atom is -0.480 e. The normalized spacial score (nSPS) is 13.0. The number of non-ortho nitro benzene ring substituents is 1. The quantitative estimate of drug-likeness (QED) is 0.299. The first kappa shape index (κ1) is 17.1. The molecule has 8 heteroatoms. The number of carbonyl (C=O) groups is 2. The van der Waals surface area contributed by atoms with E-state index in [1.54, 1.807) is 6.08 Å². The lowest BCUT2D eigenvalue weighted by Crippen LogP contribution is -2.31. The Morgan fingerprint density at radius 2 is 1.86 bits per heavy atom. The maximum absolute atomic E-state index is 11.0. The number of carboxylic acids is 2. The summed E-state index contributed by atoms with van der Waals surface area (Å²) in [7, 11) is 0. The molecule has 0 spiro atoms. The van der Waals surface area contributed by atoms with Crippen molar-refractivity contribution in [2.75, 3.05) is 0 Å². The van der Waals surface area contributed by atoms with Crippen LogP contribution in [0.1, 0.15) is 12.0 Å². The zero-order valence-electron chi connectivity index (χ0n) is 11.4. The van der Waals surface area contributed by atoms with Crippen LogP contribution in [0.4, 0.5) is 5.69 Å². The summed E-state index contributed by atoms with van der Waals surface area (Å²) >= 11 is 0. The summed E-state index contributed by atoms with van der Waals surface area (Å²) in [6.45, 7) is 0. The first-order chi connectivity index (χ1) is 10.3. The van der Waals surface area contributed by atoms with E-state index in [-0.39, 0.29) is 17.7 Å². The van der Waals surface area contributed by atoms with Crippen LogP contribution in [0.25, 0.3) is 6.08 Å². The number of nitrogens with zero attached hydrogens (tertiary/aromatic N) is 1. The molecule has 0 heterocycles. The Balaban J connectivity index is 2.83. The van der Waals surface area contributed by atoms with Gasteiger partial charge in [0, 0.05) is 24.1 Å². The maximum Gasteiger partial charge on any atom is 0.331 e. The summed E-state index contributed by atoms with van der Waals surface area (Å²) in [6.07, 6.45) is 3.89. The Bertz CT molecular complexity index is 633. The minimum absolute atomic E-state index is 0.0497. The van der Waals surface area contributed by atoms with Crippen LogP contribution >= 0.6 is 0 Å². The summed E-state index contributed by atoms with van der Waals surface area (Å²) in [5.41, 5.74) is 5.73. The lowest BCUT2D eigenvalue weighted by Gasteiger charge is -2.05. The van der Waals surface area contributed by atoms with Gasteiger partial charge >= 0.3 is 11.9 Å². The molecule has 0 aliphatic heterocycles. The molecule has 0 saturated heterocycles. The molecule has 1 unspecified atom stereocenters. The standard InChI is InChI=1S/C14H14N2O6/c15-12(14(19)20)8-10(13(17)18)3-1-2-9-4-6-11(7-5-9)16(21)22/h1-7,12H,8,15H2,(H,17,18)(H,19,20)/b2-1?,10-3+. The van der Waals surface area contributed by atoms with Crippen molar-refractivity contribution in [1.29, 1.82) is 0 Å². The van der Waals surface area contributed by atoms with Gasteiger partial charge in [-0.25, -0.2) is 4.79 Å². The van der Waals surface area contributed by atoms with Crippen molar-refractivity contribution in [3.8, 4) is 0 Å². The highest BCUT2D eigenvalue weighted by molar-refractivity contribution is 5.88. The summed E-state index contributed by atoms with van der Waals surface area (Å²) < 4.78 is 0. The summed E-state index contributed by atoms with van der Waals surface area (Å²) in [5.74, 6) is -2.54. The zero-order chi connectivity index (χ0) is 16.7. The van der Waals surface area contributed by atoms with Gasteiger partial charge in [-0.2, -0.15) is 0 Å². The molecular formula is C14H14N2O6. The average Bonchev–Trinajstić information content (AvgIpc) is 2.46. The van der Waals surface area contributed by atoms with Gasteiger partial charge in [0.25, 0.3) is 5.69 Å². The monoisotopic (exact) mass is 306 g/mol. The van der Waals surface area contributed by atoms with Crippen molar-refractivity contribution < 1.29 is 24.7 Å². The predicted molar refractivity (Wildman–Crippen MR) is 78.1 cm³/mol. The third kappa shape index (κ3) is 5.17. The van der Waals surface area contributed by atoms with Crippen LogP contribution in [0.3, 0.4) is 0 Å². The molecule has 0 aliphatic carbocycles. The number of nitro benzene ring substituents is 1. The first-order valence-electron chi connectivity index (χ1n) is 6.14. The molecule has 0 amide bonds. The summed E-state index contributed by atoms with van der Waals surface area (Å²) in [6, 6.07) is 4.36. The molecule has 1 aromatic rings. The Hall–Kier alpha value is -3.00. The smallest absolute Gasteiger partial charge is 0.331 e. The molecule has 1 rings (SSSR count). The van der Waals surface area contributed by atoms with Crippen LogP contribution in [-0.4, -0.2) is 33.1 Å². The Kier molecular flexibility index (Phi) is 5.96. The number of rotatable bonds is 7. The van der Waals surface area contributed by atoms with Gasteiger partial charge in [-0.15, -0.1) is 0 Å². The first-order valence-corrected chi connectivity index (χ1v) is 6.14. The van der Waals surface area contributed by atoms with Crippen LogP contribution in [0.5, 0.6) is 0 Å². The lowest BCUT2D eigenvalue weighted by molar-refractivity contribution is -0.384. The van der Waals surface area contributed by atoms with E-state index in [1.165, 1.54) is 36.4 Å². The summed E-state index contributed by atoms with van der Waals surface area (Å²) in [4.78, 5) is 31.6. The third-order valence-corrected chi connectivity index (χ3v) is 2.72. The number of allylic oxidation sites excluding steroid dienone is 2. The largest absolute Gasteiger partial charge is 0.480 e. The number of hydrogen-bond acceptors (Lipinski definition) is 5. The average molecular weight is 306 g/mol. The van der Waals surface area contributed by atoms with Gasteiger partial charge in [-0.1, -0.05) is 18.2 Å². The second kappa shape index (κ2) is 7.70. The molecule has 1 atom stereocenters. The van der Waals surface area contributed by atoms with Gasteiger partial charge in [0.15, 0.2) is 0 Å². The Morgan fingerprint density at radius 3 is 2.32 bits per heavy atom. The van der Waals surface area contributed by atoms with E-state index in [0.717, 1.165) is 0 Å². The predicted octanol–water partition coefficient (Wildman–Crippen LogP) is 1.42. The molecule has 0 bridgehead atoms. The fourth-order valence-corrected chi connectivity index (χ4v) is 1.53. The number of carboxylic acid groups (broad SMARTS) is 2. The zero-order valence-corrected chi connectivity index (χ0v) is 11.4. The SMILES string of the molecule is NC(C/C(=C\C=Cc1ccc([N+](=O)[O-])cc1)C(=O)O)C(=O)O. The van der Waals surface area contributed by atoms with E-state index in [9.17, 15) is 19.7 Å². The van der Waals surface area contributed by atoms with Crippen molar-refractivity contribution in [2.24, 2.45) is 5.73 Å². The third-order valence-electron chi connectivity index (χ3n) is 2.72. The van der Waals surface area contributed by atoms with Gasteiger partial charge < -0.3 is 15.9 Å². The molecule has 8 nitrogen and oxygen atoms in total. The minimum atomic E-state index is -1.30. The number of hydrogen-bond donors (Lipinski definition) is 3. The van der Waals surface area contributed by atoms with Crippen molar-refractivity contribution in [3.63, 3.8) is 0 Å².